The van der Waals surface area contributed by atoms with E-state index < -0.39 is 10.8 Å². The number of nitrogens with two attached hydrogens (primary N) is 1. The number of hydrogen-bond acceptors (Lipinski definition) is 2. The van der Waals surface area contributed by atoms with Crippen LogP contribution in [0.4, 0.5) is 0 Å². The number of hydrogen-bond donors (Lipinski definition) is 1. The average Bonchev–Trinajstić information content (AvgIpc) is 2.48. The van der Waals surface area contributed by atoms with Gasteiger partial charge in [-0.3, -0.25) is 4.21 Å². The van der Waals surface area contributed by atoms with E-state index in [0.717, 1.165) is 16.9 Å². The van der Waals surface area contributed by atoms with Crippen molar-refractivity contribution in [1.29, 1.82) is 0 Å². The number of benzene rings is 2. The topological polar surface area (TPSA) is 43.1 Å². The van der Waals surface area contributed by atoms with Crippen LogP contribution in [0.2, 0.25) is 0 Å². The standard InChI is InChI=1S/C18H23NOS/c1-14(2)12-15-8-10-16(11-9-15)18(19)13-21(20)17-6-4-3-5-7-17/h3-11,14,18H,12-13,19H2,1-2H3. The molecule has 0 radical (unpaired) electrons. The third-order valence-corrected chi connectivity index (χ3v) is 4.85. The van der Waals surface area contributed by atoms with Crippen LogP contribution >= 0.6 is 0 Å². The second-order valence-corrected chi connectivity index (χ2v) is 7.27. The van der Waals surface area contributed by atoms with Crippen molar-refractivity contribution in [1.82, 2.24) is 0 Å². The first kappa shape index (κ1) is 15.9. The molecule has 0 saturated carbocycles. The predicted octanol–water partition coefficient (Wildman–Crippen LogP) is 3.69. The Bertz CT molecular complexity index is 578. The maximum Gasteiger partial charge on any atom is 0.0548 e. The SMILES string of the molecule is CC(C)Cc1ccc(C(N)CS(=O)c2ccccc2)cc1. The minimum absolute atomic E-state index is 0.195. The molecule has 0 aliphatic heterocycles. The van der Waals surface area contributed by atoms with Crippen LogP contribution in [-0.4, -0.2) is 9.96 Å². The Morgan fingerprint density at radius 1 is 1.00 bits per heavy atom. The molecule has 0 aliphatic carbocycles. The molecular weight excluding hydrogens is 278 g/mol. The van der Waals surface area contributed by atoms with Crippen molar-refractivity contribution < 1.29 is 4.21 Å². The molecule has 0 heterocycles. The highest BCUT2D eigenvalue weighted by molar-refractivity contribution is 7.85. The van der Waals surface area contributed by atoms with Gasteiger partial charge in [0.2, 0.25) is 0 Å². The maximum atomic E-state index is 12.3. The van der Waals surface area contributed by atoms with E-state index in [0.29, 0.717) is 11.7 Å². The highest BCUT2D eigenvalue weighted by Crippen LogP contribution is 2.17. The monoisotopic (exact) mass is 301 g/mol. The Kier molecular flexibility index (Phi) is 5.71. The van der Waals surface area contributed by atoms with Gasteiger partial charge in [0.05, 0.1) is 10.8 Å². The average molecular weight is 301 g/mol. The molecule has 0 saturated heterocycles. The molecule has 2 atom stereocenters. The zero-order valence-corrected chi connectivity index (χ0v) is 13.5. The Hall–Kier alpha value is -1.45. The third kappa shape index (κ3) is 4.80. The molecule has 112 valence electrons. The zero-order valence-electron chi connectivity index (χ0n) is 12.7. The predicted molar refractivity (Wildman–Crippen MR) is 89.6 cm³/mol. The Labute approximate surface area is 129 Å². The van der Waals surface area contributed by atoms with Gasteiger partial charge in [-0.05, 0) is 35.6 Å². The summed E-state index contributed by atoms with van der Waals surface area (Å²) >= 11 is 0. The normalized spacial score (nSPS) is 14.1. The van der Waals surface area contributed by atoms with Crippen LogP contribution in [-0.2, 0) is 17.2 Å². The van der Waals surface area contributed by atoms with Gasteiger partial charge in [-0.1, -0.05) is 56.3 Å². The van der Waals surface area contributed by atoms with Crippen LogP contribution in [0, 0.1) is 5.92 Å². The van der Waals surface area contributed by atoms with E-state index in [4.69, 9.17) is 5.73 Å². The van der Waals surface area contributed by atoms with Gasteiger partial charge in [-0.25, -0.2) is 0 Å². The van der Waals surface area contributed by atoms with Crippen molar-refractivity contribution in [3.05, 3.63) is 65.7 Å². The summed E-state index contributed by atoms with van der Waals surface area (Å²) in [6.45, 7) is 4.42. The van der Waals surface area contributed by atoms with Crippen LogP contribution in [0.5, 0.6) is 0 Å². The molecule has 2 N–H and O–H groups in total. The molecule has 2 unspecified atom stereocenters. The first-order valence-electron chi connectivity index (χ1n) is 7.34. The summed E-state index contributed by atoms with van der Waals surface area (Å²) in [7, 11) is -1.05. The van der Waals surface area contributed by atoms with Crippen molar-refractivity contribution in [2.75, 3.05) is 5.75 Å². The fourth-order valence-corrected chi connectivity index (χ4v) is 3.47. The zero-order chi connectivity index (χ0) is 15.2. The molecule has 21 heavy (non-hydrogen) atoms. The molecule has 3 heteroatoms. The fraction of sp³-hybridized carbons (Fsp3) is 0.333. The third-order valence-electron chi connectivity index (χ3n) is 3.39. The van der Waals surface area contributed by atoms with Crippen molar-refractivity contribution in [2.24, 2.45) is 11.7 Å². The van der Waals surface area contributed by atoms with Crippen molar-refractivity contribution >= 4 is 10.8 Å². The summed E-state index contributed by atoms with van der Waals surface area (Å²) in [5.41, 5.74) is 8.56. The molecule has 0 spiro atoms. The summed E-state index contributed by atoms with van der Waals surface area (Å²) in [5.74, 6) is 1.10. The van der Waals surface area contributed by atoms with Gasteiger partial charge in [-0.2, -0.15) is 0 Å². The van der Waals surface area contributed by atoms with E-state index in [9.17, 15) is 4.21 Å². The van der Waals surface area contributed by atoms with Crippen molar-refractivity contribution in [2.45, 2.75) is 31.2 Å². The molecule has 0 aromatic heterocycles. The second-order valence-electron chi connectivity index (χ2n) is 5.77. The van der Waals surface area contributed by atoms with E-state index in [2.05, 4.69) is 38.1 Å². The first-order chi connectivity index (χ1) is 10.1. The Morgan fingerprint density at radius 2 is 1.62 bits per heavy atom. The Morgan fingerprint density at radius 3 is 2.19 bits per heavy atom. The van der Waals surface area contributed by atoms with E-state index in [1.54, 1.807) is 0 Å². The minimum atomic E-state index is -1.05. The van der Waals surface area contributed by atoms with Gasteiger partial charge in [0.15, 0.2) is 0 Å². The summed E-state index contributed by atoms with van der Waals surface area (Å²) in [6.07, 6.45) is 1.07. The molecule has 2 aromatic carbocycles. The lowest BCUT2D eigenvalue weighted by Crippen LogP contribution is -2.18. The summed E-state index contributed by atoms with van der Waals surface area (Å²) < 4.78 is 12.3. The molecule has 0 aliphatic rings. The van der Waals surface area contributed by atoms with E-state index in [-0.39, 0.29) is 6.04 Å². The molecular formula is C18H23NOS. The first-order valence-corrected chi connectivity index (χ1v) is 8.66. The van der Waals surface area contributed by atoms with Crippen LogP contribution in [0.3, 0.4) is 0 Å². The van der Waals surface area contributed by atoms with Gasteiger partial charge in [-0.15, -0.1) is 0 Å². The fourth-order valence-electron chi connectivity index (χ4n) is 2.30. The van der Waals surface area contributed by atoms with E-state index in [1.165, 1.54) is 5.56 Å². The van der Waals surface area contributed by atoms with Crippen LogP contribution < -0.4 is 5.73 Å². The van der Waals surface area contributed by atoms with Crippen molar-refractivity contribution in [3.63, 3.8) is 0 Å². The van der Waals surface area contributed by atoms with Crippen LogP contribution in [0.15, 0.2) is 59.5 Å². The molecule has 0 amide bonds. The molecule has 0 fully saturated rings. The minimum Gasteiger partial charge on any atom is -0.323 e. The van der Waals surface area contributed by atoms with Gasteiger partial charge >= 0.3 is 0 Å². The smallest absolute Gasteiger partial charge is 0.0548 e. The van der Waals surface area contributed by atoms with Gasteiger partial charge < -0.3 is 5.73 Å². The summed E-state index contributed by atoms with van der Waals surface area (Å²) in [5, 5.41) is 0. The lowest BCUT2D eigenvalue weighted by molar-refractivity contribution is 0.646. The lowest BCUT2D eigenvalue weighted by atomic mass is 10.0. The number of rotatable bonds is 6. The van der Waals surface area contributed by atoms with Crippen LogP contribution in [0.1, 0.15) is 31.0 Å². The molecule has 2 nitrogen and oxygen atoms in total. The van der Waals surface area contributed by atoms with Gasteiger partial charge in [0.1, 0.15) is 0 Å². The highest BCUT2D eigenvalue weighted by Gasteiger charge is 2.12. The summed E-state index contributed by atoms with van der Waals surface area (Å²) in [6, 6.07) is 17.7. The largest absolute Gasteiger partial charge is 0.323 e. The van der Waals surface area contributed by atoms with E-state index in [1.807, 2.05) is 30.3 Å². The van der Waals surface area contributed by atoms with Crippen molar-refractivity contribution in [3.8, 4) is 0 Å². The molecule has 2 aromatic rings. The second kappa shape index (κ2) is 7.53. The van der Waals surface area contributed by atoms with Gasteiger partial charge in [0, 0.05) is 16.7 Å². The molecule has 0 bridgehead atoms. The highest BCUT2D eigenvalue weighted by atomic mass is 32.2. The lowest BCUT2D eigenvalue weighted by Gasteiger charge is -2.13. The van der Waals surface area contributed by atoms with Gasteiger partial charge in [0.25, 0.3) is 0 Å². The summed E-state index contributed by atoms with van der Waals surface area (Å²) in [4.78, 5) is 0.837. The quantitative estimate of drug-likeness (QED) is 0.884. The molecule has 2 rings (SSSR count). The van der Waals surface area contributed by atoms with E-state index >= 15 is 0 Å². The Balaban J connectivity index is 2.00. The maximum absolute atomic E-state index is 12.3. The van der Waals surface area contributed by atoms with Crippen LogP contribution in [0.25, 0.3) is 0 Å².